The van der Waals surface area contributed by atoms with Gasteiger partial charge in [0.1, 0.15) is 5.75 Å². The molecule has 0 heterocycles. The largest absolute Gasteiger partial charge is 0.497 e. The van der Waals surface area contributed by atoms with Crippen LogP contribution in [0, 0.1) is 0 Å². The molecule has 1 aromatic carbocycles. The van der Waals surface area contributed by atoms with Crippen molar-refractivity contribution in [1.82, 2.24) is 4.90 Å². The van der Waals surface area contributed by atoms with E-state index >= 15 is 0 Å². The van der Waals surface area contributed by atoms with E-state index in [1.54, 1.807) is 7.11 Å². The summed E-state index contributed by atoms with van der Waals surface area (Å²) < 4.78 is 5.33. The molecule has 1 atom stereocenters. The lowest BCUT2D eigenvalue weighted by Crippen LogP contribution is -2.36. The highest BCUT2D eigenvalue weighted by atomic mass is 16.5. The van der Waals surface area contributed by atoms with Crippen molar-refractivity contribution in [3.05, 3.63) is 29.8 Å². The highest BCUT2D eigenvalue weighted by Crippen LogP contribution is 2.35. The van der Waals surface area contributed by atoms with Gasteiger partial charge in [0.15, 0.2) is 0 Å². The lowest BCUT2D eigenvalue weighted by molar-refractivity contribution is 0.188. The third-order valence-corrected chi connectivity index (χ3v) is 3.89. The van der Waals surface area contributed by atoms with Gasteiger partial charge in [0.05, 0.1) is 7.11 Å². The average molecular weight is 262 g/mol. The van der Waals surface area contributed by atoms with Gasteiger partial charge in [-0.15, -0.1) is 0 Å². The molecule has 2 rings (SSSR count). The summed E-state index contributed by atoms with van der Waals surface area (Å²) in [6.45, 7) is 4.07. The van der Waals surface area contributed by atoms with Crippen molar-refractivity contribution in [2.24, 2.45) is 5.73 Å². The zero-order chi connectivity index (χ0) is 13.7. The van der Waals surface area contributed by atoms with Crippen molar-refractivity contribution in [1.29, 1.82) is 0 Å². The molecular weight excluding hydrogens is 236 g/mol. The number of unbranched alkanes of at least 4 members (excludes halogenated alkanes) is 1. The summed E-state index contributed by atoms with van der Waals surface area (Å²) in [7, 11) is 1.71. The number of rotatable bonds is 8. The average Bonchev–Trinajstić information content (AvgIpc) is 3.28. The molecule has 0 amide bonds. The maximum absolute atomic E-state index is 6.05. The zero-order valence-corrected chi connectivity index (χ0v) is 12.1. The molecule has 2 N–H and O–H groups in total. The number of hydrogen-bond acceptors (Lipinski definition) is 3. The molecule has 1 aliphatic carbocycles. The SMILES string of the molecule is CCCCN(C1CC1)C(CN)c1cccc(OC)c1. The molecule has 0 aliphatic heterocycles. The van der Waals surface area contributed by atoms with Gasteiger partial charge < -0.3 is 10.5 Å². The Hall–Kier alpha value is -1.06. The van der Waals surface area contributed by atoms with Crippen LogP contribution in [-0.2, 0) is 0 Å². The summed E-state index contributed by atoms with van der Waals surface area (Å²) in [5.41, 5.74) is 7.33. The van der Waals surface area contributed by atoms with E-state index in [9.17, 15) is 0 Å². The Kier molecular flexibility index (Phi) is 5.23. The molecule has 1 aliphatic rings. The summed E-state index contributed by atoms with van der Waals surface area (Å²) in [5.74, 6) is 0.919. The van der Waals surface area contributed by atoms with Gasteiger partial charge >= 0.3 is 0 Å². The lowest BCUT2D eigenvalue weighted by atomic mass is 10.0. The van der Waals surface area contributed by atoms with Crippen LogP contribution in [0.4, 0.5) is 0 Å². The van der Waals surface area contributed by atoms with Crippen LogP contribution < -0.4 is 10.5 Å². The molecule has 1 unspecified atom stereocenters. The van der Waals surface area contributed by atoms with Gasteiger partial charge in [0.2, 0.25) is 0 Å². The number of nitrogens with zero attached hydrogens (tertiary/aromatic N) is 1. The van der Waals surface area contributed by atoms with E-state index in [1.165, 1.54) is 31.2 Å². The third-order valence-electron chi connectivity index (χ3n) is 3.89. The quantitative estimate of drug-likeness (QED) is 0.783. The Morgan fingerprint density at radius 1 is 1.42 bits per heavy atom. The highest BCUT2D eigenvalue weighted by Gasteiger charge is 2.33. The summed E-state index contributed by atoms with van der Waals surface area (Å²) in [4.78, 5) is 2.60. The first kappa shape index (κ1) is 14.4. The summed E-state index contributed by atoms with van der Waals surface area (Å²) in [5, 5.41) is 0. The van der Waals surface area contributed by atoms with Crippen molar-refractivity contribution in [3.63, 3.8) is 0 Å². The number of ether oxygens (including phenoxy) is 1. The summed E-state index contributed by atoms with van der Waals surface area (Å²) in [6, 6.07) is 9.41. The predicted octanol–water partition coefficient (Wildman–Crippen LogP) is 2.96. The van der Waals surface area contributed by atoms with Crippen LogP contribution in [0.2, 0.25) is 0 Å². The van der Waals surface area contributed by atoms with Crippen molar-refractivity contribution >= 4 is 0 Å². The van der Waals surface area contributed by atoms with Gasteiger partial charge in [-0.05, 0) is 43.5 Å². The fraction of sp³-hybridized carbons (Fsp3) is 0.625. The second-order valence-corrected chi connectivity index (χ2v) is 5.35. The molecule has 1 aromatic rings. The van der Waals surface area contributed by atoms with Crippen LogP contribution >= 0.6 is 0 Å². The molecule has 0 spiro atoms. The van der Waals surface area contributed by atoms with Gasteiger partial charge in [0, 0.05) is 18.6 Å². The minimum absolute atomic E-state index is 0.328. The smallest absolute Gasteiger partial charge is 0.119 e. The monoisotopic (exact) mass is 262 g/mol. The minimum atomic E-state index is 0.328. The molecule has 0 bridgehead atoms. The van der Waals surface area contributed by atoms with Crippen LogP contribution in [0.25, 0.3) is 0 Å². The fourth-order valence-corrected chi connectivity index (χ4v) is 2.65. The fourth-order valence-electron chi connectivity index (χ4n) is 2.65. The zero-order valence-electron chi connectivity index (χ0n) is 12.1. The van der Waals surface area contributed by atoms with E-state index < -0.39 is 0 Å². The van der Waals surface area contributed by atoms with E-state index in [4.69, 9.17) is 10.5 Å². The first-order valence-electron chi connectivity index (χ1n) is 7.40. The van der Waals surface area contributed by atoms with Crippen LogP contribution in [0.3, 0.4) is 0 Å². The van der Waals surface area contributed by atoms with Crippen LogP contribution in [-0.4, -0.2) is 31.1 Å². The Morgan fingerprint density at radius 2 is 2.21 bits per heavy atom. The minimum Gasteiger partial charge on any atom is -0.497 e. The first-order valence-corrected chi connectivity index (χ1v) is 7.40. The van der Waals surface area contributed by atoms with Gasteiger partial charge in [-0.3, -0.25) is 4.90 Å². The molecule has 1 saturated carbocycles. The van der Waals surface area contributed by atoms with Gasteiger partial charge in [0.25, 0.3) is 0 Å². The highest BCUT2D eigenvalue weighted by molar-refractivity contribution is 5.31. The number of hydrogen-bond donors (Lipinski definition) is 1. The van der Waals surface area contributed by atoms with Gasteiger partial charge in [-0.2, -0.15) is 0 Å². The summed E-state index contributed by atoms with van der Waals surface area (Å²) in [6.07, 6.45) is 5.13. The number of benzene rings is 1. The normalized spacial score (nSPS) is 16.6. The van der Waals surface area contributed by atoms with Crippen LogP contribution in [0.15, 0.2) is 24.3 Å². The third kappa shape index (κ3) is 3.71. The summed E-state index contributed by atoms with van der Waals surface area (Å²) >= 11 is 0. The van der Waals surface area contributed by atoms with Gasteiger partial charge in [-0.25, -0.2) is 0 Å². The second kappa shape index (κ2) is 6.92. The number of nitrogens with two attached hydrogens (primary N) is 1. The molecular formula is C16H26N2O. The van der Waals surface area contributed by atoms with E-state index in [0.717, 1.165) is 18.3 Å². The second-order valence-electron chi connectivity index (χ2n) is 5.35. The Morgan fingerprint density at radius 3 is 2.79 bits per heavy atom. The van der Waals surface area contributed by atoms with Crippen molar-refractivity contribution in [2.45, 2.75) is 44.7 Å². The molecule has 19 heavy (non-hydrogen) atoms. The van der Waals surface area contributed by atoms with Crippen molar-refractivity contribution < 1.29 is 4.74 Å². The van der Waals surface area contributed by atoms with E-state index in [-0.39, 0.29) is 0 Å². The first-order chi connectivity index (χ1) is 9.30. The predicted molar refractivity (Wildman–Crippen MR) is 79.4 cm³/mol. The standard InChI is InChI=1S/C16H26N2O/c1-3-4-10-18(14-8-9-14)16(12-17)13-6-5-7-15(11-13)19-2/h5-7,11,14,16H,3-4,8-10,12,17H2,1-2H3. The van der Waals surface area contributed by atoms with Gasteiger partial charge in [-0.1, -0.05) is 25.5 Å². The van der Waals surface area contributed by atoms with Crippen molar-refractivity contribution in [2.75, 3.05) is 20.2 Å². The Labute approximate surface area is 116 Å². The van der Waals surface area contributed by atoms with Crippen molar-refractivity contribution in [3.8, 4) is 5.75 Å². The molecule has 3 nitrogen and oxygen atoms in total. The van der Waals surface area contributed by atoms with Crippen LogP contribution in [0.5, 0.6) is 5.75 Å². The number of methoxy groups -OCH3 is 1. The van der Waals surface area contributed by atoms with E-state index in [1.807, 2.05) is 6.07 Å². The molecule has 106 valence electrons. The molecule has 1 fully saturated rings. The molecule has 0 radical (unpaired) electrons. The van der Waals surface area contributed by atoms with Crippen LogP contribution in [0.1, 0.15) is 44.2 Å². The molecule has 0 aromatic heterocycles. The van der Waals surface area contributed by atoms with E-state index in [2.05, 4.69) is 30.0 Å². The Bertz CT molecular complexity index is 390. The maximum Gasteiger partial charge on any atom is 0.119 e. The lowest BCUT2D eigenvalue weighted by Gasteiger charge is -2.31. The Balaban J connectivity index is 2.15. The topological polar surface area (TPSA) is 38.5 Å². The van der Waals surface area contributed by atoms with E-state index in [0.29, 0.717) is 12.6 Å². The molecule has 0 saturated heterocycles. The molecule has 3 heteroatoms. The maximum atomic E-state index is 6.05.